The molecule has 6 nitrogen and oxygen atoms in total. The number of hydrogen-bond acceptors (Lipinski definition) is 5. The highest BCUT2D eigenvalue weighted by molar-refractivity contribution is 9.10. The summed E-state index contributed by atoms with van der Waals surface area (Å²) in [4.78, 5) is 26.3. The van der Waals surface area contributed by atoms with Crippen molar-refractivity contribution in [2.24, 2.45) is 5.92 Å². The van der Waals surface area contributed by atoms with Gasteiger partial charge in [-0.25, -0.2) is 4.39 Å². The first kappa shape index (κ1) is 17.8. The quantitative estimate of drug-likeness (QED) is 0.546. The second-order valence-corrected chi connectivity index (χ2v) is 7.14. The van der Waals surface area contributed by atoms with E-state index in [1.165, 1.54) is 17.0 Å². The monoisotopic (exact) mass is 435 g/mol. The van der Waals surface area contributed by atoms with E-state index >= 15 is 0 Å². The van der Waals surface area contributed by atoms with Crippen LogP contribution in [-0.2, 0) is 9.59 Å². The van der Waals surface area contributed by atoms with E-state index in [1.54, 1.807) is 24.3 Å². The van der Waals surface area contributed by atoms with E-state index < -0.39 is 17.7 Å². The smallest absolute Gasteiger partial charge is 0.316 e. The summed E-state index contributed by atoms with van der Waals surface area (Å²) in [7, 11) is 0. The molecule has 2 aliphatic rings. The lowest BCUT2D eigenvalue weighted by atomic mass is 10.1. The molecule has 1 unspecified atom stereocenters. The fourth-order valence-corrected chi connectivity index (χ4v) is 3.40. The molecule has 2 aliphatic heterocycles. The van der Waals surface area contributed by atoms with E-state index in [0.717, 1.165) is 0 Å². The normalized spacial score (nSPS) is 18.5. The van der Waals surface area contributed by atoms with Gasteiger partial charge in [0.15, 0.2) is 23.1 Å². The molecule has 0 aromatic heterocycles. The number of rotatable bonds is 3. The fraction of sp³-hybridized carbons (Fsp3) is 0.263. The maximum absolute atomic E-state index is 13.9. The number of benzene rings is 2. The third kappa shape index (κ3) is 3.62. The zero-order valence-corrected chi connectivity index (χ0v) is 15.7. The lowest BCUT2D eigenvalue weighted by Crippen LogP contribution is -2.27. The lowest BCUT2D eigenvalue weighted by Gasteiger charge is -2.22. The second-order valence-electron chi connectivity index (χ2n) is 6.23. The van der Waals surface area contributed by atoms with Crippen LogP contribution in [0.15, 0.2) is 40.9 Å². The topological polar surface area (TPSA) is 65.1 Å². The molecular weight excluding hydrogens is 421 g/mol. The highest BCUT2D eigenvalue weighted by Gasteiger charge is 2.37. The Morgan fingerprint density at radius 2 is 1.93 bits per heavy atom. The molecule has 1 saturated heterocycles. The summed E-state index contributed by atoms with van der Waals surface area (Å²) in [5, 5.41) is 0. The minimum Gasteiger partial charge on any atom is -0.486 e. The number of esters is 1. The van der Waals surface area contributed by atoms with Gasteiger partial charge < -0.3 is 19.1 Å². The SMILES string of the molecule is O=C(Oc1ccc(Br)cc1F)C1CC(=O)N(c2ccc3c(c2)OCCO3)C1. The molecule has 27 heavy (non-hydrogen) atoms. The van der Waals surface area contributed by atoms with Gasteiger partial charge in [0.25, 0.3) is 0 Å². The molecule has 0 spiro atoms. The fourth-order valence-electron chi connectivity index (χ4n) is 3.06. The van der Waals surface area contributed by atoms with Gasteiger partial charge in [0.2, 0.25) is 5.91 Å². The van der Waals surface area contributed by atoms with Crippen LogP contribution in [0, 0.1) is 11.7 Å². The average Bonchev–Trinajstić information content (AvgIpc) is 3.05. The molecule has 1 atom stereocenters. The summed E-state index contributed by atoms with van der Waals surface area (Å²) in [6.07, 6.45) is 0.00538. The zero-order chi connectivity index (χ0) is 19.0. The van der Waals surface area contributed by atoms with Gasteiger partial charge in [0.05, 0.1) is 5.92 Å². The summed E-state index contributed by atoms with van der Waals surface area (Å²) >= 11 is 3.15. The first-order valence-corrected chi connectivity index (χ1v) is 9.17. The molecule has 2 heterocycles. The molecule has 2 aromatic carbocycles. The molecule has 0 saturated carbocycles. The van der Waals surface area contributed by atoms with Crippen LogP contribution < -0.4 is 19.1 Å². The molecule has 0 radical (unpaired) electrons. The van der Waals surface area contributed by atoms with E-state index in [1.807, 2.05) is 0 Å². The standard InChI is InChI=1S/C19H15BrFNO5/c20-12-1-3-15(14(21)8-12)27-19(24)11-7-18(23)22(10-11)13-2-4-16-17(9-13)26-6-5-25-16/h1-4,8-9,11H,5-7,10H2. The Bertz CT molecular complexity index is 919. The van der Waals surface area contributed by atoms with Crippen LogP contribution in [0.4, 0.5) is 10.1 Å². The summed E-state index contributed by atoms with van der Waals surface area (Å²) < 4.78 is 30.6. The number of fused-ring (bicyclic) bond motifs is 1. The minimum absolute atomic E-state index is 0.00538. The molecule has 0 N–H and O–H groups in total. The third-order valence-electron chi connectivity index (χ3n) is 4.40. The van der Waals surface area contributed by atoms with Crippen molar-refractivity contribution in [3.63, 3.8) is 0 Å². The number of ether oxygens (including phenoxy) is 3. The van der Waals surface area contributed by atoms with Crippen LogP contribution in [0.2, 0.25) is 0 Å². The summed E-state index contributed by atoms with van der Waals surface area (Å²) in [5.74, 6) is -1.13. The second kappa shape index (κ2) is 7.19. The summed E-state index contributed by atoms with van der Waals surface area (Å²) in [6, 6.07) is 9.35. The van der Waals surface area contributed by atoms with Gasteiger partial charge >= 0.3 is 5.97 Å². The van der Waals surface area contributed by atoms with Crippen LogP contribution in [-0.4, -0.2) is 31.6 Å². The Hall–Kier alpha value is -2.61. The van der Waals surface area contributed by atoms with Crippen molar-refractivity contribution in [2.45, 2.75) is 6.42 Å². The summed E-state index contributed by atoms with van der Waals surface area (Å²) in [5.41, 5.74) is 0.620. The van der Waals surface area contributed by atoms with Crippen molar-refractivity contribution < 1.29 is 28.2 Å². The van der Waals surface area contributed by atoms with Crippen LogP contribution in [0.5, 0.6) is 17.2 Å². The van der Waals surface area contributed by atoms with E-state index in [2.05, 4.69) is 15.9 Å². The molecular formula is C19H15BrFNO5. The number of carbonyl (C=O) groups is 2. The highest BCUT2D eigenvalue weighted by Crippen LogP contribution is 2.36. The minimum atomic E-state index is -0.672. The van der Waals surface area contributed by atoms with Crippen LogP contribution >= 0.6 is 15.9 Å². The maximum atomic E-state index is 13.9. The lowest BCUT2D eigenvalue weighted by molar-refractivity contribution is -0.139. The predicted molar refractivity (Wildman–Crippen MR) is 97.6 cm³/mol. The number of carbonyl (C=O) groups excluding carboxylic acids is 2. The van der Waals surface area contributed by atoms with E-state index in [9.17, 15) is 14.0 Å². The van der Waals surface area contributed by atoms with Gasteiger partial charge in [-0.1, -0.05) is 15.9 Å². The first-order valence-electron chi connectivity index (χ1n) is 8.38. The molecule has 4 rings (SSSR count). The van der Waals surface area contributed by atoms with Crippen LogP contribution in [0.3, 0.4) is 0 Å². The van der Waals surface area contributed by atoms with Gasteiger partial charge in [-0.3, -0.25) is 9.59 Å². The molecule has 8 heteroatoms. The first-order chi connectivity index (χ1) is 13.0. The van der Waals surface area contributed by atoms with Gasteiger partial charge in [0, 0.05) is 29.2 Å². The van der Waals surface area contributed by atoms with Gasteiger partial charge in [0.1, 0.15) is 13.2 Å². The van der Waals surface area contributed by atoms with Crippen molar-refractivity contribution in [3.8, 4) is 17.2 Å². The third-order valence-corrected chi connectivity index (χ3v) is 4.89. The molecule has 1 amide bonds. The number of halogens is 2. The summed E-state index contributed by atoms with van der Waals surface area (Å²) in [6.45, 7) is 1.09. The highest BCUT2D eigenvalue weighted by atomic mass is 79.9. The predicted octanol–water partition coefficient (Wildman–Crippen LogP) is 3.32. The van der Waals surface area contributed by atoms with Crippen molar-refractivity contribution in [1.29, 1.82) is 0 Å². The Kier molecular flexibility index (Phi) is 4.73. The largest absolute Gasteiger partial charge is 0.486 e. The molecule has 140 valence electrons. The zero-order valence-electron chi connectivity index (χ0n) is 14.1. The van der Waals surface area contributed by atoms with Gasteiger partial charge in [-0.05, 0) is 30.3 Å². The molecule has 0 aliphatic carbocycles. The molecule has 2 aromatic rings. The number of anilines is 1. The maximum Gasteiger partial charge on any atom is 0.316 e. The Balaban J connectivity index is 1.48. The van der Waals surface area contributed by atoms with Gasteiger partial charge in [-0.2, -0.15) is 0 Å². The Morgan fingerprint density at radius 1 is 1.15 bits per heavy atom. The average molecular weight is 436 g/mol. The van der Waals surface area contributed by atoms with Crippen molar-refractivity contribution in [2.75, 3.05) is 24.7 Å². The van der Waals surface area contributed by atoms with Crippen molar-refractivity contribution in [1.82, 2.24) is 0 Å². The van der Waals surface area contributed by atoms with Crippen molar-refractivity contribution in [3.05, 3.63) is 46.7 Å². The Morgan fingerprint density at radius 3 is 2.70 bits per heavy atom. The van der Waals surface area contributed by atoms with Crippen LogP contribution in [0.25, 0.3) is 0 Å². The molecule has 0 bridgehead atoms. The number of nitrogens with zero attached hydrogens (tertiary/aromatic N) is 1. The van der Waals surface area contributed by atoms with E-state index in [4.69, 9.17) is 14.2 Å². The number of hydrogen-bond donors (Lipinski definition) is 0. The van der Waals surface area contributed by atoms with Gasteiger partial charge in [-0.15, -0.1) is 0 Å². The van der Waals surface area contributed by atoms with E-state index in [-0.39, 0.29) is 24.6 Å². The number of amides is 1. The van der Waals surface area contributed by atoms with Crippen LogP contribution in [0.1, 0.15) is 6.42 Å². The Labute approximate surface area is 162 Å². The molecule has 1 fully saturated rings. The van der Waals surface area contributed by atoms with E-state index in [0.29, 0.717) is 34.9 Å². The van der Waals surface area contributed by atoms with Crippen molar-refractivity contribution >= 4 is 33.5 Å².